The van der Waals surface area contributed by atoms with Gasteiger partial charge in [0.1, 0.15) is 6.04 Å². The van der Waals surface area contributed by atoms with Crippen LogP contribution in [-0.2, 0) is 11.2 Å². The predicted octanol–water partition coefficient (Wildman–Crippen LogP) is 2.48. The van der Waals surface area contributed by atoms with Crippen LogP contribution in [0.25, 0.3) is 0 Å². The van der Waals surface area contributed by atoms with Crippen LogP contribution < -0.4 is 0 Å². The Kier molecular flexibility index (Phi) is 5.50. The molecule has 2 amide bonds. The van der Waals surface area contributed by atoms with Gasteiger partial charge in [-0.2, -0.15) is 0 Å². The molecule has 1 aliphatic heterocycles. The van der Waals surface area contributed by atoms with Crippen LogP contribution in [0.1, 0.15) is 18.4 Å². The lowest BCUT2D eigenvalue weighted by Crippen LogP contribution is -2.44. The lowest BCUT2D eigenvalue weighted by molar-refractivity contribution is -0.141. The van der Waals surface area contributed by atoms with Gasteiger partial charge in [-0.15, -0.1) is 0 Å². The van der Waals surface area contributed by atoms with E-state index in [4.69, 9.17) is 5.11 Å². The van der Waals surface area contributed by atoms with Crippen LogP contribution >= 0.6 is 11.9 Å². The first-order valence-electron chi connectivity index (χ1n) is 7.03. The number of carbonyl (C=O) groups excluding carboxylic acids is 1. The highest BCUT2D eigenvalue weighted by molar-refractivity contribution is 7.97. The number of carboxylic acid groups (broad SMARTS) is 1. The number of carboxylic acids is 1. The summed E-state index contributed by atoms with van der Waals surface area (Å²) in [7, 11) is 1.70. The Balaban J connectivity index is 1.81. The van der Waals surface area contributed by atoms with Crippen LogP contribution in [0.5, 0.6) is 0 Å². The molecule has 0 aromatic heterocycles. The highest BCUT2D eigenvalue weighted by atomic mass is 32.2. The fourth-order valence-electron chi connectivity index (χ4n) is 2.43. The molecular formula is C15H20N2O3S. The Bertz CT molecular complexity index is 495. The maximum absolute atomic E-state index is 12.3. The van der Waals surface area contributed by atoms with E-state index in [1.807, 2.05) is 18.2 Å². The van der Waals surface area contributed by atoms with Gasteiger partial charge < -0.3 is 10.0 Å². The number of hydrogen-bond donors (Lipinski definition) is 1. The van der Waals surface area contributed by atoms with E-state index in [2.05, 4.69) is 12.1 Å². The summed E-state index contributed by atoms with van der Waals surface area (Å²) in [5, 5.41) is 9.12. The van der Waals surface area contributed by atoms with Crippen molar-refractivity contribution in [2.45, 2.75) is 25.3 Å². The Morgan fingerprint density at radius 2 is 2.10 bits per heavy atom. The van der Waals surface area contributed by atoms with E-state index < -0.39 is 12.0 Å². The van der Waals surface area contributed by atoms with Gasteiger partial charge in [0.25, 0.3) is 0 Å². The standard InChI is InChI=1S/C15H20N2O3S/c1-16(21-11-9-12-6-3-2-4-7-12)15(20)17-10-5-8-13(17)14(18)19/h2-4,6-7,13H,5,8-11H2,1H3,(H,18,19). The van der Waals surface area contributed by atoms with E-state index in [1.54, 1.807) is 11.4 Å². The second kappa shape index (κ2) is 7.36. The van der Waals surface area contributed by atoms with Crippen LogP contribution in [-0.4, -0.2) is 51.7 Å². The van der Waals surface area contributed by atoms with Crippen LogP contribution in [0.3, 0.4) is 0 Å². The summed E-state index contributed by atoms with van der Waals surface area (Å²) in [6.45, 7) is 0.527. The Morgan fingerprint density at radius 3 is 2.76 bits per heavy atom. The van der Waals surface area contributed by atoms with Crippen molar-refractivity contribution in [1.82, 2.24) is 9.21 Å². The molecule has 1 fully saturated rings. The third kappa shape index (κ3) is 4.14. The minimum absolute atomic E-state index is 0.210. The van der Waals surface area contributed by atoms with Gasteiger partial charge >= 0.3 is 12.0 Å². The molecule has 0 spiro atoms. The first-order valence-corrected chi connectivity index (χ1v) is 7.98. The summed E-state index contributed by atoms with van der Waals surface area (Å²) in [5.74, 6) is -0.124. The average molecular weight is 308 g/mol. The highest BCUT2D eigenvalue weighted by Crippen LogP contribution is 2.21. The normalized spacial score (nSPS) is 17.8. The van der Waals surface area contributed by atoms with Gasteiger partial charge in [-0.25, -0.2) is 9.59 Å². The number of benzene rings is 1. The van der Waals surface area contributed by atoms with Gasteiger partial charge in [0.15, 0.2) is 0 Å². The molecule has 1 heterocycles. The maximum atomic E-state index is 12.3. The molecule has 2 rings (SSSR count). The summed E-state index contributed by atoms with van der Waals surface area (Å²) in [5.41, 5.74) is 1.23. The van der Waals surface area contributed by atoms with Gasteiger partial charge in [0, 0.05) is 19.3 Å². The number of amides is 2. The second-order valence-corrected chi connectivity index (χ2v) is 6.25. The topological polar surface area (TPSA) is 60.9 Å². The molecule has 1 aromatic rings. The van der Waals surface area contributed by atoms with Crippen LogP contribution in [0, 0.1) is 0 Å². The third-order valence-corrected chi connectivity index (χ3v) is 4.50. The fourth-order valence-corrected chi connectivity index (χ4v) is 3.25. The Labute approximate surface area is 129 Å². The smallest absolute Gasteiger partial charge is 0.330 e. The zero-order valence-corrected chi connectivity index (χ0v) is 12.9. The molecule has 1 saturated heterocycles. The van der Waals surface area contributed by atoms with Crippen molar-refractivity contribution in [1.29, 1.82) is 0 Å². The van der Waals surface area contributed by atoms with Crippen molar-refractivity contribution in [3.63, 3.8) is 0 Å². The SMILES string of the molecule is CN(SCCc1ccccc1)C(=O)N1CCCC1C(=O)O. The van der Waals surface area contributed by atoms with Crippen molar-refractivity contribution in [3.05, 3.63) is 35.9 Å². The maximum Gasteiger partial charge on any atom is 0.330 e. The first kappa shape index (κ1) is 15.7. The Hall–Kier alpha value is -1.69. The van der Waals surface area contributed by atoms with E-state index in [-0.39, 0.29) is 6.03 Å². The van der Waals surface area contributed by atoms with E-state index in [1.165, 1.54) is 22.4 Å². The van der Waals surface area contributed by atoms with E-state index in [0.717, 1.165) is 18.6 Å². The van der Waals surface area contributed by atoms with Crippen molar-refractivity contribution in [3.8, 4) is 0 Å². The summed E-state index contributed by atoms with van der Waals surface area (Å²) in [6.07, 6.45) is 2.18. The number of carbonyl (C=O) groups is 2. The number of urea groups is 1. The molecule has 1 aliphatic rings. The second-order valence-electron chi connectivity index (χ2n) is 5.04. The molecule has 1 aromatic carbocycles. The lowest BCUT2D eigenvalue weighted by Gasteiger charge is -2.26. The predicted molar refractivity (Wildman–Crippen MR) is 83.1 cm³/mol. The number of aryl methyl sites for hydroxylation is 1. The molecule has 21 heavy (non-hydrogen) atoms. The molecule has 0 radical (unpaired) electrons. The molecule has 0 bridgehead atoms. The zero-order chi connectivity index (χ0) is 15.2. The average Bonchev–Trinajstić information content (AvgIpc) is 2.97. The molecule has 0 aliphatic carbocycles. The molecule has 6 heteroatoms. The van der Waals surface area contributed by atoms with E-state index >= 15 is 0 Å². The third-order valence-electron chi connectivity index (χ3n) is 3.57. The molecule has 1 unspecified atom stereocenters. The van der Waals surface area contributed by atoms with Crippen molar-refractivity contribution in [2.24, 2.45) is 0 Å². The molecule has 114 valence electrons. The number of hydrogen-bond acceptors (Lipinski definition) is 3. The minimum atomic E-state index is -0.913. The minimum Gasteiger partial charge on any atom is -0.480 e. The lowest BCUT2D eigenvalue weighted by atomic mass is 10.2. The summed E-state index contributed by atoms with van der Waals surface area (Å²) in [6, 6.07) is 9.21. The molecule has 5 nitrogen and oxygen atoms in total. The monoisotopic (exact) mass is 308 g/mol. The number of likely N-dealkylation sites (tertiary alicyclic amines) is 1. The molecule has 1 N–H and O–H groups in total. The van der Waals surface area contributed by atoms with Crippen molar-refractivity contribution in [2.75, 3.05) is 19.3 Å². The van der Waals surface area contributed by atoms with Gasteiger partial charge in [-0.3, -0.25) is 4.31 Å². The zero-order valence-electron chi connectivity index (χ0n) is 12.1. The fraction of sp³-hybridized carbons (Fsp3) is 0.467. The van der Waals surface area contributed by atoms with Gasteiger partial charge in [0.2, 0.25) is 0 Å². The van der Waals surface area contributed by atoms with Gasteiger partial charge in [-0.1, -0.05) is 30.3 Å². The number of nitrogens with zero attached hydrogens (tertiary/aromatic N) is 2. The first-order chi connectivity index (χ1) is 10.1. The van der Waals surface area contributed by atoms with E-state index in [9.17, 15) is 9.59 Å². The summed E-state index contributed by atoms with van der Waals surface area (Å²) in [4.78, 5) is 24.8. The molecule has 0 saturated carbocycles. The van der Waals surface area contributed by atoms with Crippen molar-refractivity contribution < 1.29 is 14.7 Å². The van der Waals surface area contributed by atoms with Gasteiger partial charge in [0.05, 0.1) is 0 Å². The van der Waals surface area contributed by atoms with Gasteiger partial charge in [-0.05, 0) is 36.8 Å². The summed E-state index contributed by atoms with van der Waals surface area (Å²) >= 11 is 1.43. The molecular weight excluding hydrogens is 288 g/mol. The Morgan fingerprint density at radius 1 is 1.38 bits per heavy atom. The quantitative estimate of drug-likeness (QED) is 0.849. The highest BCUT2D eigenvalue weighted by Gasteiger charge is 2.35. The van der Waals surface area contributed by atoms with Crippen LogP contribution in [0.15, 0.2) is 30.3 Å². The number of rotatable bonds is 5. The summed E-state index contributed by atoms with van der Waals surface area (Å²) < 4.78 is 1.55. The van der Waals surface area contributed by atoms with Crippen molar-refractivity contribution >= 4 is 23.9 Å². The van der Waals surface area contributed by atoms with Crippen LogP contribution in [0.4, 0.5) is 4.79 Å². The largest absolute Gasteiger partial charge is 0.480 e. The van der Waals surface area contributed by atoms with E-state index in [0.29, 0.717) is 13.0 Å². The molecule has 1 atom stereocenters. The van der Waals surface area contributed by atoms with Crippen LogP contribution in [0.2, 0.25) is 0 Å². The number of aliphatic carboxylic acids is 1.